The number of carbonyl (C=O) groups is 1. The monoisotopic (exact) mass is 188 g/mol. The largest absolute Gasteiger partial charge is 0.358 e. The predicted molar refractivity (Wildman–Crippen MR) is 51.3 cm³/mol. The Morgan fingerprint density at radius 3 is 2.58 bits per heavy atom. The van der Waals surface area contributed by atoms with Crippen LogP contribution in [0.5, 0.6) is 0 Å². The minimum atomic E-state index is -0.686. The summed E-state index contributed by atoms with van der Waals surface area (Å²) >= 11 is 4.76. The maximum absolute atomic E-state index is 10.2. The molecule has 0 bridgehead atoms. The van der Waals surface area contributed by atoms with E-state index in [4.69, 9.17) is 18.0 Å². The Bertz CT molecular complexity index is 184. The summed E-state index contributed by atoms with van der Waals surface area (Å²) < 4.78 is 0. The number of urea groups is 1. The van der Waals surface area contributed by atoms with Crippen LogP contribution in [0.1, 0.15) is 6.92 Å². The topological polar surface area (TPSA) is 79.2 Å². The fraction of sp³-hybridized carbons (Fsp3) is 0.333. The first-order valence-electron chi connectivity index (χ1n) is 3.26. The van der Waals surface area contributed by atoms with Gasteiger partial charge in [-0.15, -0.1) is 0 Å². The second-order valence-electron chi connectivity index (χ2n) is 2.25. The molecule has 0 aliphatic heterocycles. The molecule has 0 atom stereocenters. The van der Waals surface area contributed by atoms with E-state index in [1.54, 1.807) is 0 Å². The Hall–Kier alpha value is -1.30. The molecule has 2 amide bonds. The van der Waals surface area contributed by atoms with Gasteiger partial charge in [0.2, 0.25) is 0 Å². The number of hydrazine groups is 1. The highest BCUT2D eigenvalue weighted by atomic mass is 32.1. The van der Waals surface area contributed by atoms with Crippen LogP contribution in [-0.2, 0) is 0 Å². The van der Waals surface area contributed by atoms with E-state index < -0.39 is 6.03 Å². The van der Waals surface area contributed by atoms with Crippen LogP contribution in [0.3, 0.4) is 0 Å². The fourth-order valence-electron chi connectivity index (χ4n) is 0.394. The zero-order valence-electron chi connectivity index (χ0n) is 6.81. The molecule has 0 saturated carbocycles. The van der Waals surface area contributed by atoms with Crippen molar-refractivity contribution in [2.45, 2.75) is 6.92 Å². The van der Waals surface area contributed by atoms with Gasteiger partial charge >= 0.3 is 6.03 Å². The van der Waals surface area contributed by atoms with E-state index in [9.17, 15) is 4.79 Å². The molecule has 0 fully saturated rings. The Kier molecular flexibility index (Phi) is 4.78. The Morgan fingerprint density at radius 1 is 1.58 bits per heavy atom. The number of carbonyl (C=O) groups excluding carboxylic acids is 1. The second-order valence-corrected chi connectivity index (χ2v) is 2.66. The lowest BCUT2D eigenvalue weighted by atomic mass is 10.4. The quantitative estimate of drug-likeness (QED) is 0.270. The highest BCUT2D eigenvalue weighted by Gasteiger charge is 1.94. The zero-order valence-corrected chi connectivity index (χ0v) is 7.62. The van der Waals surface area contributed by atoms with Gasteiger partial charge in [-0.25, -0.2) is 10.2 Å². The highest BCUT2D eigenvalue weighted by molar-refractivity contribution is 7.80. The first kappa shape index (κ1) is 10.7. The normalized spacial score (nSPS) is 8.42. The molecule has 0 aromatic heterocycles. The molecule has 6 heteroatoms. The van der Waals surface area contributed by atoms with Gasteiger partial charge < -0.3 is 11.1 Å². The molecule has 0 aromatic carbocycles. The molecule has 0 aliphatic rings. The predicted octanol–water partition coefficient (Wildman–Crippen LogP) is -0.390. The Labute approximate surface area is 76.4 Å². The van der Waals surface area contributed by atoms with Crippen molar-refractivity contribution in [3.8, 4) is 0 Å². The van der Waals surface area contributed by atoms with Gasteiger partial charge in [-0.3, -0.25) is 5.43 Å². The summed E-state index contributed by atoms with van der Waals surface area (Å²) in [6.45, 7) is 6.08. The van der Waals surface area contributed by atoms with Gasteiger partial charge in [-0.05, 0) is 19.1 Å². The molecule has 68 valence electrons. The van der Waals surface area contributed by atoms with Crippen LogP contribution in [-0.4, -0.2) is 17.7 Å². The van der Waals surface area contributed by atoms with E-state index in [1.807, 2.05) is 6.92 Å². The van der Waals surface area contributed by atoms with Crippen molar-refractivity contribution in [2.24, 2.45) is 5.73 Å². The van der Waals surface area contributed by atoms with Crippen molar-refractivity contribution in [1.29, 1.82) is 0 Å². The van der Waals surface area contributed by atoms with Crippen LogP contribution in [0.15, 0.2) is 12.2 Å². The van der Waals surface area contributed by atoms with E-state index in [0.29, 0.717) is 11.7 Å². The molecule has 0 saturated heterocycles. The first-order valence-corrected chi connectivity index (χ1v) is 3.67. The van der Waals surface area contributed by atoms with E-state index in [2.05, 4.69) is 22.7 Å². The number of thiocarbonyl (C=S) groups is 1. The highest BCUT2D eigenvalue weighted by Crippen LogP contribution is 1.80. The van der Waals surface area contributed by atoms with Crippen molar-refractivity contribution in [3.63, 3.8) is 0 Å². The van der Waals surface area contributed by atoms with Crippen molar-refractivity contribution >= 4 is 23.4 Å². The van der Waals surface area contributed by atoms with Crippen LogP contribution in [0.2, 0.25) is 0 Å². The lowest BCUT2D eigenvalue weighted by Gasteiger charge is -2.09. The number of primary amides is 1. The van der Waals surface area contributed by atoms with Gasteiger partial charge in [0.15, 0.2) is 5.11 Å². The SMILES string of the molecule is C=C(C)CNC(=S)NNC(N)=O. The lowest BCUT2D eigenvalue weighted by Crippen LogP contribution is -2.48. The molecule has 0 unspecified atom stereocenters. The van der Waals surface area contributed by atoms with Crippen LogP contribution >= 0.6 is 12.2 Å². The molecule has 0 aliphatic carbocycles. The summed E-state index contributed by atoms with van der Waals surface area (Å²) in [7, 11) is 0. The third-order valence-corrected chi connectivity index (χ3v) is 1.10. The van der Waals surface area contributed by atoms with Gasteiger partial charge in [0, 0.05) is 6.54 Å². The Balaban J connectivity index is 3.47. The van der Waals surface area contributed by atoms with Gasteiger partial charge in [-0.2, -0.15) is 0 Å². The summed E-state index contributed by atoms with van der Waals surface area (Å²) in [6.07, 6.45) is 0. The first-order chi connectivity index (χ1) is 5.52. The molecule has 0 heterocycles. The fourth-order valence-corrected chi connectivity index (χ4v) is 0.517. The molecule has 5 N–H and O–H groups in total. The van der Waals surface area contributed by atoms with E-state index in [1.165, 1.54) is 0 Å². The van der Waals surface area contributed by atoms with Crippen molar-refractivity contribution < 1.29 is 4.79 Å². The Morgan fingerprint density at radius 2 is 2.17 bits per heavy atom. The molecular weight excluding hydrogens is 176 g/mol. The summed E-state index contributed by atoms with van der Waals surface area (Å²) in [5.74, 6) is 0. The summed E-state index contributed by atoms with van der Waals surface area (Å²) in [6, 6.07) is -0.686. The lowest BCUT2D eigenvalue weighted by molar-refractivity contribution is 0.247. The van der Waals surface area contributed by atoms with Gasteiger partial charge in [0.25, 0.3) is 0 Å². The average molecular weight is 188 g/mol. The van der Waals surface area contributed by atoms with Gasteiger partial charge in [0.1, 0.15) is 0 Å². The van der Waals surface area contributed by atoms with Gasteiger partial charge in [-0.1, -0.05) is 12.2 Å². The number of nitrogens with two attached hydrogens (primary N) is 1. The van der Waals surface area contributed by atoms with Crippen molar-refractivity contribution in [2.75, 3.05) is 6.54 Å². The maximum atomic E-state index is 10.2. The molecule has 12 heavy (non-hydrogen) atoms. The third kappa shape index (κ3) is 6.81. The van der Waals surface area contributed by atoms with E-state index >= 15 is 0 Å². The van der Waals surface area contributed by atoms with Crippen molar-refractivity contribution in [3.05, 3.63) is 12.2 Å². The van der Waals surface area contributed by atoms with Crippen LogP contribution < -0.4 is 21.9 Å². The average Bonchev–Trinajstić information content (AvgIpc) is 1.96. The zero-order chi connectivity index (χ0) is 9.56. The molecule has 0 rings (SSSR count). The molecule has 0 radical (unpaired) electrons. The maximum Gasteiger partial charge on any atom is 0.330 e. The minimum absolute atomic E-state index is 0.303. The number of hydrogen-bond donors (Lipinski definition) is 4. The van der Waals surface area contributed by atoms with E-state index in [-0.39, 0.29) is 0 Å². The van der Waals surface area contributed by atoms with Crippen LogP contribution in [0.4, 0.5) is 4.79 Å². The summed E-state index contributed by atoms with van der Waals surface area (Å²) in [4.78, 5) is 10.2. The third-order valence-electron chi connectivity index (χ3n) is 0.850. The van der Waals surface area contributed by atoms with Gasteiger partial charge in [0.05, 0.1) is 0 Å². The van der Waals surface area contributed by atoms with Crippen molar-refractivity contribution in [1.82, 2.24) is 16.2 Å². The van der Waals surface area contributed by atoms with Crippen LogP contribution in [0.25, 0.3) is 0 Å². The number of rotatable bonds is 2. The summed E-state index contributed by atoms with van der Waals surface area (Å²) in [5.41, 5.74) is 10.2. The number of nitrogens with one attached hydrogen (secondary N) is 3. The molecule has 0 spiro atoms. The molecular formula is C6H12N4OS. The van der Waals surface area contributed by atoms with E-state index in [0.717, 1.165) is 5.57 Å². The number of hydrogen-bond acceptors (Lipinski definition) is 2. The smallest absolute Gasteiger partial charge is 0.330 e. The summed E-state index contributed by atoms with van der Waals surface area (Å²) in [5, 5.41) is 3.09. The minimum Gasteiger partial charge on any atom is -0.358 e. The second kappa shape index (κ2) is 5.36. The van der Waals surface area contributed by atoms with Crippen LogP contribution in [0, 0.1) is 0 Å². The molecule has 5 nitrogen and oxygen atoms in total. The number of amides is 2. The molecule has 0 aromatic rings. The standard InChI is InChI=1S/C6H12N4OS/c1-4(2)3-8-6(12)10-9-5(7)11/h1,3H2,2H3,(H3,7,9,11)(H2,8,10,12).